The van der Waals surface area contributed by atoms with Crippen LogP contribution in [0.1, 0.15) is 0 Å². The van der Waals surface area contributed by atoms with E-state index in [2.05, 4.69) is 0 Å². The zero-order valence-electron chi connectivity index (χ0n) is 2.13. The molecule has 29 valence electrons. The van der Waals surface area contributed by atoms with Gasteiger partial charge in [-0.2, -0.15) is 13.2 Å². The van der Waals surface area contributed by atoms with Crippen LogP contribution in [0.15, 0.2) is 0 Å². The van der Waals surface area contributed by atoms with E-state index in [1.807, 2.05) is 0 Å². The average molecular weight is 97.1 g/mol. The molecule has 0 aromatic carbocycles. The normalized spacial score (nSPS) is 12.0. The van der Waals surface area contributed by atoms with Gasteiger partial charge in [-0.15, -0.1) is 0 Å². The van der Waals surface area contributed by atoms with E-state index in [1.165, 1.54) is 10.2 Å². The van der Waals surface area contributed by atoms with Crippen molar-refractivity contribution in [3.63, 3.8) is 0 Å². The zero-order chi connectivity index (χ0) is 4.50. The largest absolute Gasteiger partial charge is 0.354 e. The van der Waals surface area contributed by atoms with Crippen molar-refractivity contribution < 1.29 is 13.2 Å². The fourth-order valence-corrected chi connectivity index (χ4v) is 0. The summed E-state index contributed by atoms with van der Waals surface area (Å²) in [5, 5.41) is 0. The SMILES string of the molecule is FC(F)(F)[Si]. The van der Waals surface area contributed by atoms with Crippen LogP contribution < -0.4 is 0 Å². The molecule has 0 aromatic rings. The Morgan fingerprint density at radius 3 is 1.20 bits per heavy atom. The molecule has 0 spiro atoms. The van der Waals surface area contributed by atoms with Gasteiger partial charge in [-0.3, -0.25) is 0 Å². The molecular formula is CF3Si. The second kappa shape index (κ2) is 1.00. The molecule has 0 rings (SSSR count). The molecule has 4 heteroatoms. The molecule has 0 aliphatic rings. The highest BCUT2D eigenvalue weighted by Crippen LogP contribution is 2.05. The lowest BCUT2D eigenvalue weighted by Crippen LogP contribution is -2.03. The summed E-state index contributed by atoms with van der Waals surface area (Å²) in [6.07, 6.45) is 0. The fourth-order valence-electron chi connectivity index (χ4n) is 0. The first-order chi connectivity index (χ1) is 2.00. The standard InChI is InChI=1S/CF3Si/c2-1(3,4)5. The first-order valence-electron chi connectivity index (χ1n) is 0.817. The van der Waals surface area contributed by atoms with Crippen molar-refractivity contribution in [3.8, 4) is 0 Å². The van der Waals surface area contributed by atoms with E-state index in [-0.39, 0.29) is 0 Å². The van der Waals surface area contributed by atoms with E-state index in [4.69, 9.17) is 0 Å². The molecule has 0 unspecified atom stereocenters. The van der Waals surface area contributed by atoms with Gasteiger partial charge < -0.3 is 0 Å². The van der Waals surface area contributed by atoms with E-state index < -0.39 is 5.80 Å². The third-order valence-electron chi connectivity index (χ3n) is 0. The molecule has 0 bridgehead atoms. The van der Waals surface area contributed by atoms with Crippen molar-refractivity contribution >= 4 is 10.2 Å². The van der Waals surface area contributed by atoms with Crippen LogP contribution in [0, 0.1) is 0 Å². The molecule has 0 saturated carbocycles. The summed E-state index contributed by atoms with van der Waals surface area (Å²) in [7, 11) is 1.42. The topological polar surface area (TPSA) is 0 Å². The average Bonchev–Trinajstić information content (AvgIpc) is 0.722. The zero-order valence-corrected chi connectivity index (χ0v) is 3.13. The third-order valence-corrected chi connectivity index (χ3v) is 0. The van der Waals surface area contributed by atoms with Crippen LogP contribution in [-0.2, 0) is 0 Å². The molecule has 0 atom stereocenters. The minimum Gasteiger partial charge on any atom is -0.178 e. The molecule has 0 aromatic heterocycles. The summed E-state index contributed by atoms with van der Waals surface area (Å²) >= 11 is 0. The molecule has 0 fully saturated rings. The Balaban J connectivity index is 3.02. The minimum atomic E-state index is -4.19. The maximum Gasteiger partial charge on any atom is 0.354 e. The summed E-state index contributed by atoms with van der Waals surface area (Å²) in [5.41, 5.74) is 0. The van der Waals surface area contributed by atoms with Crippen molar-refractivity contribution in [1.29, 1.82) is 0 Å². The van der Waals surface area contributed by atoms with Gasteiger partial charge >= 0.3 is 5.80 Å². The van der Waals surface area contributed by atoms with Crippen LogP contribution in [0.4, 0.5) is 13.2 Å². The lowest BCUT2D eigenvalue weighted by atomic mass is 11.5. The van der Waals surface area contributed by atoms with E-state index in [0.29, 0.717) is 0 Å². The van der Waals surface area contributed by atoms with Gasteiger partial charge in [-0.25, -0.2) is 0 Å². The first kappa shape index (κ1) is 5.01. The lowest BCUT2D eigenvalue weighted by molar-refractivity contribution is -0.0429. The number of alkyl halides is 3. The molecule has 0 aliphatic heterocycles. The second-order valence-corrected chi connectivity index (χ2v) is 1.06. The number of halogens is 3. The maximum absolute atomic E-state index is 10.3. The summed E-state index contributed by atoms with van der Waals surface area (Å²) in [6.45, 7) is 0. The van der Waals surface area contributed by atoms with E-state index >= 15 is 0 Å². The maximum atomic E-state index is 10.3. The van der Waals surface area contributed by atoms with Gasteiger partial charge in [-0.05, 0) is 0 Å². The van der Waals surface area contributed by atoms with Gasteiger partial charge in [0.15, 0.2) is 10.2 Å². The van der Waals surface area contributed by atoms with Gasteiger partial charge in [-0.1, -0.05) is 0 Å². The molecule has 3 radical (unpaired) electrons. The summed E-state index contributed by atoms with van der Waals surface area (Å²) in [4.78, 5) is 0. The van der Waals surface area contributed by atoms with Crippen LogP contribution >= 0.6 is 0 Å². The molecule has 0 aliphatic carbocycles. The van der Waals surface area contributed by atoms with Crippen molar-refractivity contribution in [2.24, 2.45) is 0 Å². The Bertz CT molecular complexity index is 22.4. The predicted octanol–water partition coefficient (Wildman–Crippen LogP) is 0.675. The highest BCUT2D eigenvalue weighted by atomic mass is 28.1. The molecule has 0 N–H and O–H groups in total. The monoisotopic (exact) mass is 97.0 g/mol. The summed E-state index contributed by atoms with van der Waals surface area (Å²) in [6, 6.07) is 0. The second-order valence-electron chi connectivity index (χ2n) is 0.498. The molecular weight excluding hydrogens is 97.1 g/mol. The lowest BCUT2D eigenvalue weighted by Gasteiger charge is -1.88. The molecule has 0 saturated heterocycles. The van der Waals surface area contributed by atoms with Gasteiger partial charge in [0.25, 0.3) is 0 Å². The van der Waals surface area contributed by atoms with Crippen molar-refractivity contribution in [2.45, 2.75) is 5.80 Å². The first-order valence-corrected chi connectivity index (χ1v) is 1.32. The Kier molecular flexibility index (Phi) is 1.01. The Hall–Kier alpha value is 0.00688. The van der Waals surface area contributed by atoms with Gasteiger partial charge in [0.1, 0.15) is 0 Å². The van der Waals surface area contributed by atoms with Gasteiger partial charge in [0, 0.05) is 0 Å². The highest BCUT2D eigenvalue weighted by Gasteiger charge is 2.15. The predicted molar refractivity (Wildman–Crippen MR) is 11.8 cm³/mol. The Labute approximate surface area is 30.4 Å². The minimum absolute atomic E-state index is 1.42. The highest BCUT2D eigenvalue weighted by molar-refractivity contribution is 6.11. The quantitative estimate of drug-likeness (QED) is 0.390. The Morgan fingerprint density at radius 1 is 1.20 bits per heavy atom. The Morgan fingerprint density at radius 2 is 1.20 bits per heavy atom. The smallest absolute Gasteiger partial charge is 0.178 e. The van der Waals surface area contributed by atoms with Crippen LogP contribution in [-0.4, -0.2) is 16.0 Å². The van der Waals surface area contributed by atoms with Crippen LogP contribution in [0.25, 0.3) is 0 Å². The third kappa shape index (κ3) is 341000. The molecule has 0 heterocycles. The molecule has 0 nitrogen and oxygen atoms in total. The van der Waals surface area contributed by atoms with Crippen molar-refractivity contribution in [2.75, 3.05) is 0 Å². The number of rotatable bonds is 0. The van der Waals surface area contributed by atoms with Crippen LogP contribution in [0.3, 0.4) is 0 Å². The molecule has 5 heavy (non-hydrogen) atoms. The van der Waals surface area contributed by atoms with Crippen LogP contribution in [0.2, 0.25) is 0 Å². The van der Waals surface area contributed by atoms with E-state index in [9.17, 15) is 13.2 Å². The van der Waals surface area contributed by atoms with Crippen LogP contribution in [0.5, 0.6) is 0 Å². The summed E-state index contributed by atoms with van der Waals surface area (Å²) in [5.74, 6) is -4.19. The van der Waals surface area contributed by atoms with Gasteiger partial charge in [0.05, 0.1) is 0 Å². The number of hydrogen-bond acceptors (Lipinski definition) is 0. The molecule has 0 amide bonds. The summed E-state index contributed by atoms with van der Waals surface area (Å²) < 4.78 is 30.8. The fraction of sp³-hybridized carbons (Fsp3) is 1.00. The number of hydrogen-bond donors (Lipinski definition) is 0. The van der Waals surface area contributed by atoms with E-state index in [0.717, 1.165) is 0 Å². The van der Waals surface area contributed by atoms with Gasteiger partial charge in [0.2, 0.25) is 0 Å². The van der Waals surface area contributed by atoms with E-state index in [1.54, 1.807) is 0 Å². The van der Waals surface area contributed by atoms with Crippen molar-refractivity contribution in [1.82, 2.24) is 0 Å². The van der Waals surface area contributed by atoms with Crippen molar-refractivity contribution in [3.05, 3.63) is 0 Å².